The Balaban J connectivity index is 1.84. The van der Waals surface area contributed by atoms with E-state index in [1.807, 2.05) is 30.3 Å². The molecular weight excluding hydrogens is 303 g/mol. The molecule has 0 saturated heterocycles. The van der Waals surface area contributed by atoms with Gasteiger partial charge in [-0.2, -0.15) is 0 Å². The Morgan fingerprint density at radius 3 is 2.54 bits per heavy atom. The minimum Gasteiger partial charge on any atom is -0.491 e. The molecule has 0 aliphatic carbocycles. The Morgan fingerprint density at radius 2 is 1.83 bits per heavy atom. The largest absolute Gasteiger partial charge is 0.491 e. The van der Waals surface area contributed by atoms with Gasteiger partial charge in [-0.25, -0.2) is 9.37 Å². The molecule has 0 fully saturated rings. The molecule has 3 nitrogen and oxygen atoms in total. The van der Waals surface area contributed by atoms with Crippen molar-refractivity contribution in [3.05, 3.63) is 54.6 Å². The van der Waals surface area contributed by atoms with Gasteiger partial charge in [-0.15, -0.1) is 0 Å². The normalized spacial score (nSPS) is 11.0. The van der Waals surface area contributed by atoms with Gasteiger partial charge in [-0.05, 0) is 50.2 Å². The average Bonchev–Trinajstić information content (AvgIpc) is 2.59. The zero-order valence-corrected chi connectivity index (χ0v) is 13.9. The lowest BCUT2D eigenvalue weighted by Gasteiger charge is -2.10. The second-order valence-electron chi connectivity index (χ2n) is 5.96. The van der Waals surface area contributed by atoms with Crippen molar-refractivity contribution in [1.82, 2.24) is 4.98 Å². The number of hydrogen-bond acceptors (Lipinski definition) is 3. The quantitative estimate of drug-likeness (QED) is 0.687. The summed E-state index contributed by atoms with van der Waals surface area (Å²) in [6.07, 6.45) is 0. The third-order valence-electron chi connectivity index (χ3n) is 3.64. The fourth-order valence-corrected chi connectivity index (χ4v) is 2.58. The van der Waals surface area contributed by atoms with Crippen molar-refractivity contribution in [2.45, 2.75) is 19.9 Å². The van der Waals surface area contributed by atoms with Gasteiger partial charge in [0.25, 0.3) is 0 Å². The summed E-state index contributed by atoms with van der Waals surface area (Å²) in [5, 5.41) is 4.35. The lowest BCUT2D eigenvalue weighted by atomic mass is 10.1. The molecule has 124 valence electrons. The van der Waals surface area contributed by atoms with Gasteiger partial charge in [0, 0.05) is 22.7 Å². The third-order valence-corrected chi connectivity index (χ3v) is 3.64. The summed E-state index contributed by atoms with van der Waals surface area (Å²) in [6, 6.07) is 18.3. The number of benzene rings is 2. The van der Waals surface area contributed by atoms with Crippen molar-refractivity contribution < 1.29 is 9.13 Å². The summed E-state index contributed by atoms with van der Waals surface area (Å²) in [4.78, 5) is 4.71. The Bertz CT molecular complexity index is 815. The number of halogens is 1. The van der Waals surface area contributed by atoms with Crippen LogP contribution in [0, 0.1) is 0 Å². The second kappa shape index (κ2) is 7.30. The van der Waals surface area contributed by atoms with Crippen LogP contribution in [0.4, 0.5) is 10.1 Å². The van der Waals surface area contributed by atoms with Crippen LogP contribution in [0.15, 0.2) is 54.6 Å². The van der Waals surface area contributed by atoms with Gasteiger partial charge < -0.3 is 10.1 Å². The lowest BCUT2D eigenvalue weighted by molar-refractivity contribution is 0.273. The lowest BCUT2D eigenvalue weighted by Crippen LogP contribution is -2.09. The van der Waals surface area contributed by atoms with Crippen LogP contribution in [0.2, 0.25) is 0 Å². The predicted octanol–water partition coefficient (Wildman–Crippen LogP) is 5.07. The van der Waals surface area contributed by atoms with Crippen LogP contribution in [0.5, 0.6) is 5.75 Å². The van der Waals surface area contributed by atoms with Crippen LogP contribution in [-0.4, -0.2) is 24.3 Å². The topological polar surface area (TPSA) is 34.1 Å². The van der Waals surface area contributed by atoms with E-state index in [9.17, 15) is 4.39 Å². The smallest absolute Gasteiger partial charge is 0.123 e. The summed E-state index contributed by atoms with van der Waals surface area (Å²) < 4.78 is 17.5. The highest BCUT2D eigenvalue weighted by Gasteiger charge is 2.04. The van der Waals surface area contributed by atoms with E-state index in [0.29, 0.717) is 11.8 Å². The average molecular weight is 324 g/mol. The number of alkyl halides is 1. The number of ether oxygens (including phenoxy) is 1. The molecule has 0 bridgehead atoms. The van der Waals surface area contributed by atoms with Gasteiger partial charge in [0.1, 0.15) is 19.0 Å². The Labute approximate surface area is 141 Å². The number of nitrogens with zero attached hydrogens (tertiary/aromatic N) is 1. The van der Waals surface area contributed by atoms with Crippen molar-refractivity contribution >= 4 is 16.6 Å². The van der Waals surface area contributed by atoms with Gasteiger partial charge >= 0.3 is 0 Å². The van der Waals surface area contributed by atoms with E-state index in [0.717, 1.165) is 27.8 Å². The highest BCUT2D eigenvalue weighted by Crippen LogP contribution is 2.25. The molecule has 1 N–H and O–H groups in total. The van der Waals surface area contributed by atoms with Gasteiger partial charge in [-0.3, -0.25) is 0 Å². The first kappa shape index (κ1) is 16.2. The van der Waals surface area contributed by atoms with Gasteiger partial charge in [-0.1, -0.05) is 18.2 Å². The number of hydrogen-bond donors (Lipinski definition) is 1. The molecule has 0 aliphatic rings. The summed E-state index contributed by atoms with van der Waals surface area (Å²) >= 11 is 0. The standard InChI is InChI=1S/C20H21FN2O/c1-14(2)22-17-6-3-15(4-7-17)19-9-5-16-13-18(24-12-11-21)8-10-20(16)23-19/h3-10,13-14,22H,11-12H2,1-2H3. The Hall–Kier alpha value is -2.62. The molecule has 0 aliphatic heterocycles. The maximum absolute atomic E-state index is 12.2. The van der Waals surface area contributed by atoms with Crippen LogP contribution >= 0.6 is 0 Å². The number of pyridine rings is 1. The molecule has 0 radical (unpaired) electrons. The first-order valence-electron chi connectivity index (χ1n) is 8.12. The van der Waals surface area contributed by atoms with Crippen LogP contribution in [0.3, 0.4) is 0 Å². The molecule has 1 aromatic heterocycles. The molecule has 0 atom stereocenters. The van der Waals surface area contributed by atoms with E-state index in [2.05, 4.69) is 43.4 Å². The SMILES string of the molecule is CC(C)Nc1ccc(-c2ccc3cc(OCCF)ccc3n2)cc1. The second-order valence-corrected chi connectivity index (χ2v) is 5.96. The number of nitrogens with one attached hydrogen (secondary N) is 1. The molecule has 0 amide bonds. The summed E-state index contributed by atoms with van der Waals surface area (Å²) in [6.45, 7) is 3.82. The highest BCUT2D eigenvalue weighted by molar-refractivity contribution is 5.83. The van der Waals surface area contributed by atoms with E-state index in [-0.39, 0.29) is 6.61 Å². The van der Waals surface area contributed by atoms with Crippen LogP contribution in [0.25, 0.3) is 22.2 Å². The molecule has 2 aromatic carbocycles. The minimum atomic E-state index is -0.489. The molecule has 3 rings (SSSR count). The van der Waals surface area contributed by atoms with E-state index >= 15 is 0 Å². The molecular formula is C20H21FN2O. The Kier molecular flexibility index (Phi) is 4.94. The van der Waals surface area contributed by atoms with Crippen molar-refractivity contribution in [3.8, 4) is 17.0 Å². The molecule has 0 unspecified atom stereocenters. The molecule has 4 heteroatoms. The summed E-state index contributed by atoms with van der Waals surface area (Å²) in [5.74, 6) is 0.666. The fraction of sp³-hybridized carbons (Fsp3) is 0.250. The van der Waals surface area contributed by atoms with Gasteiger partial charge in [0.2, 0.25) is 0 Å². The molecule has 0 spiro atoms. The monoisotopic (exact) mass is 324 g/mol. The zero-order valence-electron chi connectivity index (χ0n) is 13.9. The molecule has 3 aromatic rings. The number of fused-ring (bicyclic) bond motifs is 1. The first-order chi connectivity index (χ1) is 11.7. The summed E-state index contributed by atoms with van der Waals surface area (Å²) in [5.41, 5.74) is 3.99. The first-order valence-corrected chi connectivity index (χ1v) is 8.12. The van der Waals surface area contributed by atoms with Gasteiger partial charge in [0.05, 0.1) is 11.2 Å². The molecule has 1 heterocycles. The number of aromatic nitrogens is 1. The van der Waals surface area contributed by atoms with Crippen LogP contribution < -0.4 is 10.1 Å². The van der Waals surface area contributed by atoms with Crippen molar-refractivity contribution in [2.24, 2.45) is 0 Å². The number of rotatable bonds is 6. The Morgan fingerprint density at radius 1 is 1.04 bits per heavy atom. The van der Waals surface area contributed by atoms with E-state index < -0.39 is 6.67 Å². The molecule has 0 saturated carbocycles. The van der Waals surface area contributed by atoms with E-state index in [1.165, 1.54) is 0 Å². The molecule has 24 heavy (non-hydrogen) atoms. The predicted molar refractivity (Wildman–Crippen MR) is 97.4 cm³/mol. The van der Waals surface area contributed by atoms with Crippen LogP contribution in [0.1, 0.15) is 13.8 Å². The maximum Gasteiger partial charge on any atom is 0.123 e. The van der Waals surface area contributed by atoms with Gasteiger partial charge in [0.15, 0.2) is 0 Å². The maximum atomic E-state index is 12.2. The third kappa shape index (κ3) is 3.82. The van der Waals surface area contributed by atoms with Crippen molar-refractivity contribution in [1.29, 1.82) is 0 Å². The summed E-state index contributed by atoms with van der Waals surface area (Å²) in [7, 11) is 0. The van der Waals surface area contributed by atoms with E-state index in [1.54, 1.807) is 0 Å². The van der Waals surface area contributed by atoms with Crippen molar-refractivity contribution in [3.63, 3.8) is 0 Å². The van der Waals surface area contributed by atoms with E-state index in [4.69, 9.17) is 9.72 Å². The highest BCUT2D eigenvalue weighted by atomic mass is 19.1. The fourth-order valence-electron chi connectivity index (χ4n) is 2.58. The minimum absolute atomic E-state index is 0.0772. The van der Waals surface area contributed by atoms with Crippen molar-refractivity contribution in [2.75, 3.05) is 18.6 Å². The van der Waals surface area contributed by atoms with Crippen LogP contribution in [-0.2, 0) is 0 Å². The zero-order chi connectivity index (χ0) is 16.9. The number of anilines is 1.